The number of benzene rings is 1. The van der Waals surface area contributed by atoms with Crippen LogP contribution in [-0.4, -0.2) is 41.8 Å². The van der Waals surface area contributed by atoms with Crippen LogP contribution in [0.5, 0.6) is 5.75 Å². The maximum absolute atomic E-state index is 12.6. The second kappa shape index (κ2) is 7.21. The van der Waals surface area contributed by atoms with Crippen LogP contribution in [0.25, 0.3) is 0 Å². The Labute approximate surface area is 137 Å². The molecule has 5 heteroatoms. The molecule has 1 aromatic carbocycles. The van der Waals surface area contributed by atoms with E-state index in [0.29, 0.717) is 18.9 Å². The minimum Gasteiger partial charge on any atom is -0.497 e. The smallest absolute Gasteiger partial charge is 0.322 e. The number of likely N-dealkylation sites (tertiary alicyclic amines) is 1. The number of nitrogens with one attached hydrogen (secondary N) is 1. The molecule has 0 radical (unpaired) electrons. The van der Waals surface area contributed by atoms with Gasteiger partial charge in [-0.05, 0) is 49.4 Å². The molecule has 2 N–H and O–H groups in total. The summed E-state index contributed by atoms with van der Waals surface area (Å²) in [5.74, 6) is 1.29. The van der Waals surface area contributed by atoms with Gasteiger partial charge in [-0.2, -0.15) is 0 Å². The third-order valence-electron chi connectivity index (χ3n) is 5.12. The summed E-state index contributed by atoms with van der Waals surface area (Å²) in [4.78, 5) is 14.5. The topological polar surface area (TPSA) is 61.8 Å². The molecular formula is C18H26N2O3. The minimum absolute atomic E-state index is 0.109. The predicted octanol–water partition coefficient (Wildman–Crippen LogP) is 3.24. The maximum Gasteiger partial charge on any atom is 0.322 e. The number of aliphatic hydroxyl groups excluding tert-OH is 1. The second-order valence-electron chi connectivity index (χ2n) is 6.67. The molecule has 1 saturated carbocycles. The van der Waals surface area contributed by atoms with Gasteiger partial charge < -0.3 is 20.1 Å². The van der Waals surface area contributed by atoms with Crippen LogP contribution in [0.4, 0.5) is 10.5 Å². The molecule has 5 nitrogen and oxygen atoms in total. The summed E-state index contributed by atoms with van der Waals surface area (Å²) < 4.78 is 5.13. The summed E-state index contributed by atoms with van der Waals surface area (Å²) in [7, 11) is 1.62. The number of amides is 2. The minimum atomic E-state index is -0.399. The van der Waals surface area contributed by atoms with Crippen molar-refractivity contribution < 1.29 is 14.6 Å². The Balaban J connectivity index is 1.66. The van der Waals surface area contributed by atoms with E-state index >= 15 is 0 Å². The number of carbonyl (C=O) groups excluding carboxylic acids is 1. The summed E-state index contributed by atoms with van der Waals surface area (Å²) in [6.45, 7) is 0.434. The largest absolute Gasteiger partial charge is 0.497 e. The van der Waals surface area contributed by atoms with Crippen molar-refractivity contribution in [2.75, 3.05) is 19.0 Å². The number of nitrogens with zero attached hydrogens (tertiary/aromatic N) is 1. The Bertz CT molecular complexity index is 526. The van der Waals surface area contributed by atoms with Crippen LogP contribution in [0.2, 0.25) is 0 Å². The van der Waals surface area contributed by atoms with Crippen molar-refractivity contribution in [3.63, 3.8) is 0 Å². The average Bonchev–Trinajstić information content (AvgIpc) is 2.98. The number of rotatable bonds is 3. The zero-order valence-electron chi connectivity index (χ0n) is 13.7. The highest BCUT2D eigenvalue weighted by atomic mass is 16.5. The second-order valence-corrected chi connectivity index (χ2v) is 6.67. The van der Waals surface area contributed by atoms with Gasteiger partial charge >= 0.3 is 6.03 Å². The highest BCUT2D eigenvalue weighted by Gasteiger charge is 2.39. The molecule has 1 aromatic rings. The number of hydrogen-bond acceptors (Lipinski definition) is 3. The highest BCUT2D eigenvalue weighted by Crippen LogP contribution is 2.34. The summed E-state index contributed by atoms with van der Waals surface area (Å²) in [6.07, 6.45) is 6.43. The standard InChI is InChI=1S/C18H26N2O3/c1-23-16-9-7-14(8-10-16)19-18(22)20-12-15(21)11-17(20)13-5-3-2-4-6-13/h7-10,13,15,17,21H,2-6,11-12H2,1H3,(H,19,22)/t15-,17+/m0/s1. The lowest BCUT2D eigenvalue weighted by Crippen LogP contribution is -2.43. The normalized spacial score (nSPS) is 25.4. The van der Waals surface area contributed by atoms with Crippen molar-refractivity contribution in [3.05, 3.63) is 24.3 Å². The van der Waals surface area contributed by atoms with Gasteiger partial charge in [0, 0.05) is 18.3 Å². The number of β-amino-alcohol motifs (C(OH)–C–C–N with tert-alkyl or cyclic N) is 1. The van der Waals surface area contributed by atoms with Crippen LogP contribution in [0.1, 0.15) is 38.5 Å². The van der Waals surface area contributed by atoms with Crippen molar-refractivity contribution in [2.45, 2.75) is 50.7 Å². The zero-order valence-corrected chi connectivity index (χ0v) is 13.7. The van der Waals surface area contributed by atoms with Gasteiger partial charge in [-0.15, -0.1) is 0 Å². The van der Waals surface area contributed by atoms with Crippen molar-refractivity contribution in [1.29, 1.82) is 0 Å². The number of carbonyl (C=O) groups is 1. The van der Waals surface area contributed by atoms with Gasteiger partial charge in [0.1, 0.15) is 5.75 Å². The lowest BCUT2D eigenvalue weighted by Gasteiger charge is -2.33. The van der Waals surface area contributed by atoms with E-state index in [-0.39, 0.29) is 12.1 Å². The molecule has 2 aliphatic rings. The molecule has 1 aliphatic heterocycles. The van der Waals surface area contributed by atoms with Gasteiger partial charge in [-0.1, -0.05) is 19.3 Å². The molecule has 1 heterocycles. The number of methoxy groups -OCH3 is 1. The molecule has 23 heavy (non-hydrogen) atoms. The Morgan fingerprint density at radius 1 is 1.22 bits per heavy atom. The third-order valence-corrected chi connectivity index (χ3v) is 5.12. The van der Waals surface area contributed by atoms with Crippen molar-refractivity contribution in [2.24, 2.45) is 5.92 Å². The monoisotopic (exact) mass is 318 g/mol. The molecule has 0 unspecified atom stereocenters. The van der Waals surface area contributed by atoms with E-state index in [2.05, 4.69) is 5.32 Å². The zero-order chi connectivity index (χ0) is 16.2. The Morgan fingerprint density at radius 2 is 1.91 bits per heavy atom. The number of hydrogen-bond donors (Lipinski definition) is 2. The maximum atomic E-state index is 12.6. The summed E-state index contributed by atoms with van der Waals surface area (Å²) in [5.41, 5.74) is 0.750. The van der Waals surface area contributed by atoms with E-state index in [4.69, 9.17) is 4.74 Å². The van der Waals surface area contributed by atoms with Crippen LogP contribution >= 0.6 is 0 Å². The Kier molecular flexibility index (Phi) is 5.06. The molecule has 3 rings (SSSR count). The van der Waals surface area contributed by atoms with Crippen LogP contribution in [0.15, 0.2) is 24.3 Å². The first-order valence-corrected chi connectivity index (χ1v) is 8.57. The van der Waals surface area contributed by atoms with Gasteiger partial charge in [-0.3, -0.25) is 0 Å². The molecule has 2 fully saturated rings. The van der Waals surface area contributed by atoms with Crippen LogP contribution in [0, 0.1) is 5.92 Å². The molecule has 2 atom stereocenters. The van der Waals surface area contributed by atoms with Crippen LogP contribution in [0.3, 0.4) is 0 Å². The molecular weight excluding hydrogens is 292 g/mol. The first-order chi connectivity index (χ1) is 11.2. The van der Waals surface area contributed by atoms with E-state index in [1.54, 1.807) is 7.11 Å². The summed E-state index contributed by atoms with van der Waals surface area (Å²) in [6, 6.07) is 7.38. The van der Waals surface area contributed by atoms with Crippen molar-refractivity contribution >= 4 is 11.7 Å². The molecule has 1 saturated heterocycles. The Hall–Kier alpha value is -1.75. The highest BCUT2D eigenvalue weighted by molar-refractivity contribution is 5.89. The van der Waals surface area contributed by atoms with E-state index in [0.717, 1.165) is 11.4 Å². The van der Waals surface area contributed by atoms with Crippen molar-refractivity contribution in [1.82, 2.24) is 4.90 Å². The fourth-order valence-corrected chi connectivity index (χ4v) is 3.91. The number of ether oxygens (including phenoxy) is 1. The molecule has 0 aromatic heterocycles. The molecule has 0 spiro atoms. The quantitative estimate of drug-likeness (QED) is 0.899. The van der Waals surface area contributed by atoms with Gasteiger partial charge in [0.2, 0.25) is 0 Å². The number of anilines is 1. The Morgan fingerprint density at radius 3 is 2.57 bits per heavy atom. The lowest BCUT2D eigenvalue weighted by molar-refractivity contribution is 0.164. The molecule has 0 bridgehead atoms. The van der Waals surface area contributed by atoms with E-state index in [1.807, 2.05) is 29.2 Å². The van der Waals surface area contributed by atoms with E-state index in [9.17, 15) is 9.90 Å². The molecule has 126 valence electrons. The first kappa shape index (κ1) is 16.1. The fourth-order valence-electron chi connectivity index (χ4n) is 3.91. The van der Waals surface area contributed by atoms with Crippen LogP contribution in [-0.2, 0) is 0 Å². The summed E-state index contributed by atoms with van der Waals surface area (Å²) in [5, 5.41) is 13.0. The van der Waals surface area contributed by atoms with Gasteiger partial charge in [0.15, 0.2) is 0 Å². The SMILES string of the molecule is COc1ccc(NC(=O)N2C[C@@H](O)C[C@@H]2C2CCCCC2)cc1. The average molecular weight is 318 g/mol. The lowest BCUT2D eigenvalue weighted by atomic mass is 9.83. The van der Waals surface area contributed by atoms with E-state index < -0.39 is 6.10 Å². The number of aliphatic hydroxyl groups is 1. The van der Waals surface area contributed by atoms with Gasteiger partial charge in [0.05, 0.1) is 13.2 Å². The van der Waals surface area contributed by atoms with Gasteiger partial charge in [-0.25, -0.2) is 4.79 Å². The summed E-state index contributed by atoms with van der Waals surface area (Å²) >= 11 is 0. The van der Waals surface area contributed by atoms with Gasteiger partial charge in [0.25, 0.3) is 0 Å². The predicted molar refractivity (Wildman–Crippen MR) is 89.7 cm³/mol. The molecule has 1 aliphatic carbocycles. The van der Waals surface area contributed by atoms with E-state index in [1.165, 1.54) is 32.1 Å². The third kappa shape index (κ3) is 3.78. The number of urea groups is 1. The molecule has 2 amide bonds. The first-order valence-electron chi connectivity index (χ1n) is 8.57. The van der Waals surface area contributed by atoms with Crippen molar-refractivity contribution in [3.8, 4) is 5.75 Å². The fraction of sp³-hybridized carbons (Fsp3) is 0.611. The van der Waals surface area contributed by atoms with Crippen LogP contribution < -0.4 is 10.1 Å².